The number of aryl methyl sites for hydroxylation is 3. The molecule has 1 aromatic carbocycles. The lowest BCUT2D eigenvalue weighted by atomic mass is 10.0. The average Bonchev–Trinajstić information content (AvgIpc) is 3.20. The van der Waals surface area contributed by atoms with E-state index in [-0.39, 0.29) is 6.61 Å². The summed E-state index contributed by atoms with van der Waals surface area (Å²) in [5, 5.41) is 16.9. The van der Waals surface area contributed by atoms with Crippen molar-refractivity contribution in [1.82, 2.24) is 24.6 Å². The van der Waals surface area contributed by atoms with E-state index in [0.717, 1.165) is 23.5 Å². The van der Waals surface area contributed by atoms with Gasteiger partial charge in [-0.25, -0.2) is 4.98 Å². The van der Waals surface area contributed by atoms with E-state index in [0.29, 0.717) is 13.1 Å². The van der Waals surface area contributed by atoms with Crippen LogP contribution in [0.5, 0.6) is 0 Å². The maximum Gasteiger partial charge on any atom is 0.0945 e. The molecule has 132 valence electrons. The summed E-state index contributed by atoms with van der Waals surface area (Å²) in [4.78, 5) is 6.38. The fourth-order valence-electron chi connectivity index (χ4n) is 3.03. The number of hydrogen-bond acceptors (Lipinski definition) is 4. The van der Waals surface area contributed by atoms with Crippen molar-refractivity contribution in [2.45, 2.75) is 26.9 Å². The molecule has 0 unspecified atom stereocenters. The van der Waals surface area contributed by atoms with Crippen LogP contribution in [0, 0.1) is 13.8 Å². The maximum atomic E-state index is 9.44. The van der Waals surface area contributed by atoms with Crippen molar-refractivity contribution in [2.75, 3.05) is 13.2 Å². The number of aliphatic hydroxyl groups is 1. The average molecular weight is 339 g/mol. The summed E-state index contributed by atoms with van der Waals surface area (Å²) in [5.74, 6) is 0. The van der Waals surface area contributed by atoms with Crippen LogP contribution >= 0.6 is 0 Å². The lowest BCUT2D eigenvalue weighted by Gasteiger charge is -2.21. The number of imidazole rings is 1. The second-order valence-corrected chi connectivity index (χ2v) is 6.52. The number of nitrogens with zero attached hydrogens (tertiary/aromatic N) is 4. The Kier molecular flexibility index (Phi) is 5.31. The minimum absolute atomic E-state index is 0.120. The molecule has 0 atom stereocenters. The van der Waals surface area contributed by atoms with Crippen molar-refractivity contribution < 1.29 is 5.11 Å². The highest BCUT2D eigenvalue weighted by atomic mass is 16.3. The van der Waals surface area contributed by atoms with Gasteiger partial charge >= 0.3 is 0 Å². The minimum atomic E-state index is 0.120. The predicted molar refractivity (Wildman–Crippen MR) is 97.9 cm³/mol. The van der Waals surface area contributed by atoms with Gasteiger partial charge in [0.2, 0.25) is 0 Å². The Hall–Kier alpha value is -2.44. The van der Waals surface area contributed by atoms with Gasteiger partial charge in [-0.3, -0.25) is 10.00 Å². The molecule has 0 aliphatic carbocycles. The molecule has 2 heterocycles. The summed E-state index contributed by atoms with van der Waals surface area (Å²) < 4.78 is 2.01. The van der Waals surface area contributed by atoms with Gasteiger partial charge in [0.15, 0.2) is 0 Å². The van der Waals surface area contributed by atoms with Crippen molar-refractivity contribution in [3.63, 3.8) is 0 Å². The second kappa shape index (κ2) is 7.63. The smallest absolute Gasteiger partial charge is 0.0945 e. The largest absolute Gasteiger partial charge is 0.395 e. The molecule has 6 heteroatoms. The molecule has 0 aliphatic heterocycles. The van der Waals surface area contributed by atoms with Crippen molar-refractivity contribution in [3.8, 4) is 11.3 Å². The van der Waals surface area contributed by atoms with E-state index >= 15 is 0 Å². The van der Waals surface area contributed by atoms with Crippen LogP contribution in [-0.4, -0.2) is 42.9 Å². The third-order valence-electron chi connectivity index (χ3n) is 4.49. The quantitative estimate of drug-likeness (QED) is 0.693. The van der Waals surface area contributed by atoms with Crippen LogP contribution in [0.25, 0.3) is 11.3 Å². The number of benzene rings is 1. The Morgan fingerprint density at radius 1 is 1.20 bits per heavy atom. The van der Waals surface area contributed by atoms with Crippen LogP contribution in [0.15, 0.2) is 36.9 Å². The van der Waals surface area contributed by atoms with Crippen molar-refractivity contribution in [3.05, 3.63) is 59.3 Å². The van der Waals surface area contributed by atoms with Crippen LogP contribution in [0.4, 0.5) is 0 Å². The van der Waals surface area contributed by atoms with Gasteiger partial charge in [-0.15, -0.1) is 0 Å². The van der Waals surface area contributed by atoms with Crippen molar-refractivity contribution in [1.29, 1.82) is 0 Å². The molecule has 0 saturated carbocycles. The molecule has 3 aromatic rings. The fraction of sp³-hybridized carbons (Fsp3) is 0.368. The lowest BCUT2D eigenvalue weighted by molar-refractivity contribution is 0.182. The Balaban J connectivity index is 1.85. The number of rotatable bonds is 7. The van der Waals surface area contributed by atoms with Crippen LogP contribution < -0.4 is 0 Å². The minimum Gasteiger partial charge on any atom is -0.395 e. The molecule has 0 amide bonds. The number of H-pyrrole nitrogens is 1. The van der Waals surface area contributed by atoms with Crippen LogP contribution in [0.1, 0.15) is 22.4 Å². The molecule has 2 N–H and O–H groups in total. The van der Waals surface area contributed by atoms with Crippen LogP contribution in [-0.2, 0) is 20.1 Å². The van der Waals surface area contributed by atoms with E-state index in [4.69, 9.17) is 0 Å². The van der Waals surface area contributed by atoms with Gasteiger partial charge in [-0.1, -0.05) is 17.7 Å². The summed E-state index contributed by atoms with van der Waals surface area (Å²) in [6.45, 7) is 6.37. The Morgan fingerprint density at radius 2 is 2.04 bits per heavy atom. The Labute approximate surface area is 148 Å². The van der Waals surface area contributed by atoms with E-state index in [2.05, 4.69) is 52.1 Å². The summed E-state index contributed by atoms with van der Waals surface area (Å²) in [6, 6.07) is 6.44. The molecular weight excluding hydrogens is 314 g/mol. The molecule has 25 heavy (non-hydrogen) atoms. The zero-order chi connectivity index (χ0) is 17.8. The Morgan fingerprint density at radius 3 is 2.76 bits per heavy atom. The van der Waals surface area contributed by atoms with Crippen LogP contribution in [0.2, 0.25) is 0 Å². The van der Waals surface area contributed by atoms with Gasteiger partial charge in [0.1, 0.15) is 0 Å². The topological polar surface area (TPSA) is 70.0 Å². The maximum absolute atomic E-state index is 9.44. The highest BCUT2D eigenvalue weighted by molar-refractivity contribution is 5.67. The third-order valence-corrected chi connectivity index (χ3v) is 4.49. The monoisotopic (exact) mass is 339 g/mol. The first kappa shape index (κ1) is 17.4. The van der Waals surface area contributed by atoms with E-state index in [9.17, 15) is 5.11 Å². The number of aliphatic hydroxyl groups excluding tert-OH is 1. The first-order valence-corrected chi connectivity index (χ1v) is 8.46. The first-order chi connectivity index (χ1) is 12.1. The molecule has 0 radical (unpaired) electrons. The van der Waals surface area contributed by atoms with Gasteiger partial charge in [0.25, 0.3) is 0 Å². The number of aromatic amines is 1. The highest BCUT2D eigenvalue weighted by Gasteiger charge is 2.15. The SMILES string of the molecule is Cc1ccc(C)c(-c2[nH]ncc2CN(CCO)Cc2cncn2C)c1. The predicted octanol–water partition coefficient (Wildman–Crippen LogP) is 2.42. The lowest BCUT2D eigenvalue weighted by Crippen LogP contribution is -2.27. The van der Waals surface area contributed by atoms with E-state index in [1.165, 1.54) is 16.7 Å². The van der Waals surface area contributed by atoms with Crippen LogP contribution in [0.3, 0.4) is 0 Å². The summed E-state index contributed by atoms with van der Waals surface area (Å²) in [7, 11) is 1.98. The molecule has 0 spiro atoms. The number of hydrogen-bond donors (Lipinski definition) is 2. The van der Waals surface area contributed by atoms with Gasteiger partial charge in [0, 0.05) is 44.0 Å². The van der Waals surface area contributed by atoms with Gasteiger partial charge in [-0.05, 0) is 25.5 Å². The molecule has 0 aliphatic rings. The molecule has 0 fully saturated rings. The molecular formula is C19H25N5O. The molecule has 0 saturated heterocycles. The van der Waals surface area contributed by atoms with Crippen molar-refractivity contribution in [2.24, 2.45) is 7.05 Å². The summed E-state index contributed by atoms with van der Waals surface area (Å²) in [6.07, 6.45) is 5.54. The van der Waals surface area contributed by atoms with Crippen molar-refractivity contribution >= 4 is 0 Å². The molecule has 0 bridgehead atoms. The van der Waals surface area contributed by atoms with E-state index in [1.807, 2.05) is 24.0 Å². The normalized spacial score (nSPS) is 11.4. The third kappa shape index (κ3) is 3.97. The zero-order valence-corrected chi connectivity index (χ0v) is 15.0. The second-order valence-electron chi connectivity index (χ2n) is 6.52. The first-order valence-electron chi connectivity index (χ1n) is 8.46. The van der Waals surface area contributed by atoms with Gasteiger partial charge in [-0.2, -0.15) is 5.10 Å². The summed E-state index contributed by atoms with van der Waals surface area (Å²) >= 11 is 0. The zero-order valence-electron chi connectivity index (χ0n) is 15.0. The molecule has 2 aromatic heterocycles. The number of nitrogens with one attached hydrogen (secondary N) is 1. The highest BCUT2D eigenvalue weighted by Crippen LogP contribution is 2.27. The van der Waals surface area contributed by atoms with Gasteiger partial charge < -0.3 is 9.67 Å². The molecule has 3 rings (SSSR count). The Bertz CT molecular complexity index is 836. The van der Waals surface area contributed by atoms with E-state index in [1.54, 1.807) is 6.33 Å². The van der Waals surface area contributed by atoms with E-state index < -0.39 is 0 Å². The summed E-state index contributed by atoms with van der Waals surface area (Å²) in [5.41, 5.74) is 6.92. The fourth-order valence-corrected chi connectivity index (χ4v) is 3.03. The standard InChI is InChI=1S/C19H25N5O/c1-14-4-5-15(2)18(8-14)19-16(9-21-22-19)11-24(6-7-25)12-17-10-20-13-23(17)3/h4-5,8-10,13,25H,6-7,11-12H2,1-3H3,(H,21,22). The van der Waals surface area contributed by atoms with Gasteiger partial charge in [0.05, 0.1) is 30.5 Å². The number of aromatic nitrogens is 4. The molecule has 6 nitrogen and oxygen atoms in total.